The third-order valence-electron chi connectivity index (χ3n) is 9.55. The van der Waals surface area contributed by atoms with E-state index in [0.29, 0.717) is 48.2 Å². The highest BCUT2D eigenvalue weighted by molar-refractivity contribution is 7.99. The fourth-order valence-electron chi connectivity index (χ4n) is 6.47. The maximum atomic E-state index is 13.6. The zero-order valence-corrected chi connectivity index (χ0v) is 35.3. The number of rotatable bonds is 17. The van der Waals surface area contributed by atoms with E-state index in [2.05, 4.69) is 21.9 Å². The second-order valence-electron chi connectivity index (χ2n) is 13.6. The number of carbonyl (C=O) groups is 5. The minimum absolute atomic E-state index is 0.151. The summed E-state index contributed by atoms with van der Waals surface area (Å²) in [6, 6.07) is 20.3. The predicted molar refractivity (Wildman–Crippen MR) is 226 cm³/mol. The number of aliphatic carboxylic acids is 4. The molecule has 3 aromatic carbocycles. The normalized spacial score (nSPS) is 17.7. The lowest BCUT2D eigenvalue weighted by Crippen LogP contribution is -2.48. The van der Waals surface area contributed by atoms with E-state index in [9.17, 15) is 24.0 Å². The minimum atomic E-state index is -1.26. The van der Waals surface area contributed by atoms with Crippen molar-refractivity contribution in [2.75, 3.05) is 74.3 Å². The van der Waals surface area contributed by atoms with Crippen LogP contribution in [0.1, 0.15) is 36.8 Å². The summed E-state index contributed by atoms with van der Waals surface area (Å²) in [5, 5.41) is 31.2. The topological polar surface area (TPSA) is 210 Å². The molecule has 1 amide bonds. The Balaban J connectivity index is 0.000000507. The molecule has 0 radical (unpaired) electrons. The fourth-order valence-corrected chi connectivity index (χ4v) is 7.85. The predicted octanol–water partition coefficient (Wildman–Crippen LogP) is 5.44. The molecule has 0 aliphatic carbocycles. The van der Waals surface area contributed by atoms with Gasteiger partial charge in [0, 0.05) is 63.1 Å². The van der Waals surface area contributed by atoms with Crippen molar-refractivity contribution in [2.24, 2.45) is 0 Å². The van der Waals surface area contributed by atoms with Crippen molar-refractivity contribution < 1.29 is 63.3 Å². The first-order valence-corrected chi connectivity index (χ1v) is 19.8. The van der Waals surface area contributed by atoms with Crippen LogP contribution < -0.4 is 22.8 Å². The second-order valence-corrected chi connectivity index (χ2v) is 15.0. The molecule has 17 heteroatoms. The molecule has 2 atom stereocenters. The van der Waals surface area contributed by atoms with Crippen LogP contribution in [0.2, 0.25) is 0 Å². The van der Waals surface area contributed by atoms with E-state index in [-0.39, 0.29) is 15.7 Å². The van der Waals surface area contributed by atoms with Gasteiger partial charge in [0.25, 0.3) is 0 Å². The zero-order chi connectivity index (χ0) is 44.2. The largest absolute Gasteiger partial charge is 0.493 e. The third-order valence-corrected chi connectivity index (χ3v) is 10.9. The molecule has 2 aliphatic rings. The molecular formula is C43H54N3O13S+. The summed E-state index contributed by atoms with van der Waals surface area (Å²) in [6.45, 7) is 9.01. The average molecular weight is 853 g/mol. The Labute approximate surface area is 353 Å². The van der Waals surface area contributed by atoms with E-state index >= 15 is 0 Å². The molecule has 1 saturated heterocycles. The molecule has 60 heavy (non-hydrogen) atoms. The molecule has 324 valence electrons. The van der Waals surface area contributed by atoms with Gasteiger partial charge >= 0.3 is 29.8 Å². The monoisotopic (exact) mass is 852 g/mol. The lowest BCUT2D eigenvalue weighted by Gasteiger charge is -2.36. The fraction of sp³-hybridized carbons (Fsp3) is 0.372. The molecule has 0 aromatic heterocycles. The number of para-hydroxylation sites is 2. The number of hydrogen-bond acceptors (Lipinski definition) is 12. The van der Waals surface area contributed by atoms with Gasteiger partial charge in [0.1, 0.15) is 11.9 Å². The number of piperazine rings is 1. The number of fused-ring (bicyclic) bond motifs is 1. The Kier molecular flexibility index (Phi) is 19.6. The number of carboxylic acids is 4. The lowest BCUT2D eigenvalue weighted by molar-refractivity contribution is -0.134. The summed E-state index contributed by atoms with van der Waals surface area (Å²) in [4.78, 5) is 58.0. The number of carbonyl (C=O) groups excluding carboxylic acids is 1. The van der Waals surface area contributed by atoms with Gasteiger partial charge in [0.2, 0.25) is 5.75 Å². The maximum absolute atomic E-state index is 13.6. The van der Waals surface area contributed by atoms with Crippen LogP contribution in [0.3, 0.4) is 0 Å². The smallest absolute Gasteiger partial charge is 0.337 e. The number of ether oxygens (including phenoxy) is 4. The molecule has 1 fully saturated rings. The molecule has 2 aliphatic heterocycles. The zero-order valence-electron chi connectivity index (χ0n) is 34.4. The van der Waals surface area contributed by atoms with E-state index in [1.807, 2.05) is 62.5 Å². The Morgan fingerprint density at radius 1 is 0.717 bits per heavy atom. The maximum Gasteiger partial charge on any atom is 0.337 e. The number of hydrogen-bond donors (Lipinski definition) is 4. The minimum Gasteiger partial charge on any atom is -0.493 e. The van der Waals surface area contributed by atoms with Crippen LogP contribution in [0.5, 0.6) is 23.0 Å². The molecule has 0 bridgehead atoms. The molecule has 0 spiro atoms. The van der Waals surface area contributed by atoms with Crippen LogP contribution in [0.15, 0.2) is 89.9 Å². The molecule has 5 rings (SSSR count). The first kappa shape index (κ1) is 48.5. The van der Waals surface area contributed by atoms with Gasteiger partial charge < -0.3 is 49.2 Å². The molecule has 16 nitrogen and oxygen atoms in total. The molecule has 4 N–H and O–H groups in total. The van der Waals surface area contributed by atoms with Crippen LogP contribution in [0, 0.1) is 0 Å². The second kappa shape index (κ2) is 24.3. The van der Waals surface area contributed by atoms with Crippen molar-refractivity contribution in [2.45, 2.75) is 37.0 Å². The van der Waals surface area contributed by atoms with Gasteiger partial charge in [-0.2, -0.15) is 3.89 Å². The highest BCUT2D eigenvalue weighted by Crippen LogP contribution is 2.49. The SMILES string of the molecule is COc1cc(CCN2CCN(CCCCOc3ccccc3[N+]3(C)Sc4ccccc4C(C)C3=O)CC2)cc(OC)c1OC.O=C(O)/C=C\C(=O)O.O=C(O)/C=C\C(=O)O. The van der Waals surface area contributed by atoms with Gasteiger partial charge in [0.05, 0.1) is 45.8 Å². The highest BCUT2D eigenvalue weighted by Gasteiger charge is 2.47. The Morgan fingerprint density at radius 3 is 1.73 bits per heavy atom. The number of quaternary nitrogens is 1. The summed E-state index contributed by atoms with van der Waals surface area (Å²) in [5.41, 5.74) is 3.20. The van der Waals surface area contributed by atoms with Crippen molar-refractivity contribution in [3.05, 3.63) is 96.1 Å². The Morgan fingerprint density at radius 2 is 1.22 bits per heavy atom. The first-order valence-electron chi connectivity index (χ1n) is 19.1. The summed E-state index contributed by atoms with van der Waals surface area (Å²) in [6.07, 6.45) is 5.22. The highest BCUT2D eigenvalue weighted by atomic mass is 32.2. The van der Waals surface area contributed by atoms with Crippen LogP contribution in [0.4, 0.5) is 5.69 Å². The standard InChI is InChI=1S/C35H46N3O5S.2C4H4O4/c1-26-28-12-6-9-15-33(28)44-38(2,35(26)39)29-13-7-8-14-30(29)43-23-11-10-17-36-19-21-37(22-20-36)18-16-27-24-31(40-3)34(42-5)32(25-27)41-4;2*5-3(6)1-2-4(7)8/h6-9,12-15,24-26H,10-11,16-23H2,1-5H3;2*1-2H,(H,5,6)(H,7,8)/q+1;;/b;2*2-1-. The van der Waals surface area contributed by atoms with Gasteiger partial charge in [-0.15, -0.1) is 0 Å². The molecular weight excluding hydrogens is 799 g/mol. The van der Waals surface area contributed by atoms with E-state index < -0.39 is 23.9 Å². The summed E-state index contributed by atoms with van der Waals surface area (Å²) in [7, 11) is 6.93. The number of benzene rings is 3. The Hall–Kier alpha value is -5.88. The lowest BCUT2D eigenvalue weighted by atomic mass is 9.99. The number of methoxy groups -OCH3 is 3. The van der Waals surface area contributed by atoms with Gasteiger partial charge in [0.15, 0.2) is 22.9 Å². The van der Waals surface area contributed by atoms with Gasteiger partial charge in [-0.1, -0.05) is 30.3 Å². The van der Waals surface area contributed by atoms with Crippen molar-refractivity contribution in [1.29, 1.82) is 0 Å². The summed E-state index contributed by atoms with van der Waals surface area (Å²) in [5.74, 6) is -2.19. The Bertz CT molecular complexity index is 1910. The van der Waals surface area contributed by atoms with E-state index in [1.54, 1.807) is 33.3 Å². The number of amides is 1. The average Bonchev–Trinajstić information content (AvgIpc) is 3.23. The van der Waals surface area contributed by atoms with Crippen LogP contribution in [-0.2, 0) is 30.4 Å². The molecule has 2 unspecified atom stereocenters. The van der Waals surface area contributed by atoms with Crippen LogP contribution in [-0.4, -0.2) is 134 Å². The number of nitrogens with zero attached hydrogens (tertiary/aromatic N) is 3. The van der Waals surface area contributed by atoms with Crippen LogP contribution >= 0.6 is 11.9 Å². The van der Waals surface area contributed by atoms with Gasteiger partial charge in [-0.25, -0.2) is 24.0 Å². The van der Waals surface area contributed by atoms with E-state index in [0.717, 1.165) is 80.4 Å². The molecule has 2 heterocycles. The van der Waals surface area contributed by atoms with Gasteiger partial charge in [-0.05, 0) is 68.1 Å². The van der Waals surface area contributed by atoms with E-state index in [1.165, 1.54) is 5.56 Å². The van der Waals surface area contributed by atoms with Crippen molar-refractivity contribution in [3.8, 4) is 23.0 Å². The van der Waals surface area contributed by atoms with Crippen LogP contribution in [0.25, 0.3) is 0 Å². The quantitative estimate of drug-likeness (QED) is 0.0577. The number of unbranched alkanes of at least 4 members (excludes halogenated alkanes) is 1. The number of likely N-dealkylation sites (N-methyl/N-ethyl adjacent to an activating group) is 1. The third kappa shape index (κ3) is 14.7. The van der Waals surface area contributed by atoms with Crippen molar-refractivity contribution in [3.63, 3.8) is 0 Å². The molecule has 0 saturated carbocycles. The summed E-state index contributed by atoms with van der Waals surface area (Å²) >= 11 is 1.59. The van der Waals surface area contributed by atoms with Crippen molar-refractivity contribution in [1.82, 2.24) is 13.7 Å². The van der Waals surface area contributed by atoms with Gasteiger partial charge in [-0.3, -0.25) is 0 Å². The van der Waals surface area contributed by atoms with Crippen molar-refractivity contribution >= 4 is 47.4 Å². The number of carboxylic acid groups (broad SMARTS) is 4. The first-order chi connectivity index (χ1) is 28.6. The molecule has 3 aromatic rings. The summed E-state index contributed by atoms with van der Waals surface area (Å²) < 4.78 is 23.0. The van der Waals surface area contributed by atoms with E-state index in [4.69, 9.17) is 39.4 Å².